The van der Waals surface area contributed by atoms with E-state index in [1.54, 1.807) is 25.7 Å². The van der Waals surface area contributed by atoms with Crippen LogP contribution in [-0.2, 0) is 35.0 Å². The molecule has 0 aromatic heterocycles. The van der Waals surface area contributed by atoms with Crippen LogP contribution in [-0.4, -0.2) is 66.7 Å². The highest BCUT2D eigenvalue weighted by atomic mass is 16.7. The van der Waals surface area contributed by atoms with Gasteiger partial charge in [-0.25, -0.2) is 4.79 Å². The third-order valence-electron chi connectivity index (χ3n) is 7.07. The van der Waals surface area contributed by atoms with Gasteiger partial charge in [-0.05, 0) is 49.6 Å². The summed E-state index contributed by atoms with van der Waals surface area (Å²) in [5.74, 6) is -2.67. The molecular weight excluding hydrogens is 536 g/mol. The molecule has 0 radical (unpaired) electrons. The molecule has 222 valence electrons. The lowest BCUT2D eigenvalue weighted by molar-refractivity contribution is -0.159. The van der Waals surface area contributed by atoms with E-state index >= 15 is 0 Å². The molecule has 1 aliphatic rings. The topological polar surface area (TPSA) is 114 Å². The van der Waals surface area contributed by atoms with Gasteiger partial charge < -0.3 is 29.5 Å². The lowest BCUT2D eigenvalue weighted by Crippen LogP contribution is -2.54. The molecule has 3 aromatic carbocycles. The third kappa shape index (κ3) is 8.41. The first-order chi connectivity index (χ1) is 20.1. The molecule has 1 heterocycles. The second kappa shape index (κ2) is 14.1. The maximum absolute atomic E-state index is 13.8. The molecule has 4 rings (SSSR count). The molecule has 0 aliphatic carbocycles. The minimum absolute atomic E-state index is 0.00747. The van der Waals surface area contributed by atoms with Gasteiger partial charge in [0.05, 0.1) is 13.0 Å². The molecule has 0 bridgehead atoms. The first-order valence-electron chi connectivity index (χ1n) is 14.1. The van der Waals surface area contributed by atoms with Crippen LogP contribution in [0.25, 0.3) is 11.1 Å². The zero-order valence-corrected chi connectivity index (χ0v) is 24.2. The number of benzene rings is 3. The minimum atomic E-state index is -1.01. The Morgan fingerprint density at radius 3 is 2.19 bits per heavy atom. The van der Waals surface area contributed by atoms with E-state index in [1.165, 1.54) is 0 Å². The number of aliphatic carboxylic acids is 1. The van der Waals surface area contributed by atoms with E-state index in [-0.39, 0.29) is 26.0 Å². The number of nitrogens with zero attached hydrogens (tertiary/aromatic N) is 1. The van der Waals surface area contributed by atoms with Crippen LogP contribution in [0.2, 0.25) is 0 Å². The van der Waals surface area contributed by atoms with Crippen molar-refractivity contribution in [3.05, 3.63) is 90.5 Å². The quantitative estimate of drug-likeness (QED) is 0.288. The monoisotopic (exact) mass is 574 g/mol. The van der Waals surface area contributed by atoms with Crippen molar-refractivity contribution in [2.24, 2.45) is 0 Å². The van der Waals surface area contributed by atoms with Crippen molar-refractivity contribution in [1.82, 2.24) is 5.32 Å². The molecule has 1 aliphatic heterocycles. The number of carbonyl (C=O) groups is 3. The molecule has 0 spiro atoms. The molecule has 1 fully saturated rings. The fourth-order valence-corrected chi connectivity index (χ4v) is 4.94. The van der Waals surface area contributed by atoms with E-state index in [9.17, 15) is 14.4 Å². The Morgan fingerprint density at radius 2 is 1.60 bits per heavy atom. The van der Waals surface area contributed by atoms with Gasteiger partial charge in [0.25, 0.3) is 0 Å². The average molecular weight is 575 g/mol. The summed E-state index contributed by atoms with van der Waals surface area (Å²) in [6.45, 7) is 5.59. The van der Waals surface area contributed by atoms with Crippen LogP contribution < -0.4 is 10.2 Å². The van der Waals surface area contributed by atoms with Crippen molar-refractivity contribution in [3.8, 4) is 11.1 Å². The van der Waals surface area contributed by atoms with E-state index in [0.717, 1.165) is 16.7 Å². The van der Waals surface area contributed by atoms with Gasteiger partial charge in [0.2, 0.25) is 5.91 Å². The Bertz CT molecular complexity index is 1330. The van der Waals surface area contributed by atoms with Crippen LogP contribution in [0.1, 0.15) is 32.8 Å². The summed E-state index contributed by atoms with van der Waals surface area (Å²) in [5, 5.41) is 11.7. The van der Waals surface area contributed by atoms with Crippen LogP contribution in [0, 0.1) is 0 Å². The van der Waals surface area contributed by atoms with Crippen LogP contribution in [0.4, 0.5) is 5.69 Å². The summed E-state index contributed by atoms with van der Waals surface area (Å²) in [7, 11) is 0. The number of hydrogen-bond donors (Lipinski definition) is 2. The first-order valence-corrected chi connectivity index (χ1v) is 14.1. The maximum atomic E-state index is 13.8. The predicted octanol–water partition coefficient (Wildman–Crippen LogP) is 4.45. The summed E-state index contributed by atoms with van der Waals surface area (Å²) in [6.07, 6.45) is -0.344. The molecule has 2 unspecified atom stereocenters. The van der Waals surface area contributed by atoms with Crippen molar-refractivity contribution in [3.63, 3.8) is 0 Å². The molecule has 3 atom stereocenters. The molecule has 9 nitrogen and oxygen atoms in total. The zero-order chi connectivity index (χ0) is 30.1. The SMILES string of the molecule is C[C@@H](C(=O)NCCC(=O)O)N(c1ccccc1)C(Cc1ccc(-c2ccccc2)cc1)C(=O)OCC1COC(C)(C)O1. The summed E-state index contributed by atoms with van der Waals surface area (Å²) < 4.78 is 17.2. The summed E-state index contributed by atoms with van der Waals surface area (Å²) in [4.78, 5) is 39.8. The predicted molar refractivity (Wildman–Crippen MR) is 159 cm³/mol. The van der Waals surface area contributed by atoms with E-state index in [1.807, 2.05) is 84.9 Å². The Kier molecular flexibility index (Phi) is 10.3. The number of nitrogens with one attached hydrogen (secondary N) is 1. The second-order valence-electron chi connectivity index (χ2n) is 10.7. The van der Waals surface area contributed by atoms with Gasteiger partial charge in [-0.2, -0.15) is 0 Å². The number of esters is 1. The largest absolute Gasteiger partial charge is 0.481 e. The number of amides is 1. The molecule has 0 saturated carbocycles. The number of para-hydroxylation sites is 1. The highest BCUT2D eigenvalue weighted by Gasteiger charge is 2.37. The van der Waals surface area contributed by atoms with E-state index in [4.69, 9.17) is 19.3 Å². The van der Waals surface area contributed by atoms with Crippen LogP contribution >= 0.6 is 0 Å². The van der Waals surface area contributed by atoms with Gasteiger partial charge in [-0.15, -0.1) is 0 Å². The van der Waals surface area contributed by atoms with Gasteiger partial charge in [0.1, 0.15) is 24.8 Å². The Labute approximate surface area is 246 Å². The van der Waals surface area contributed by atoms with Gasteiger partial charge in [-0.3, -0.25) is 9.59 Å². The molecule has 1 amide bonds. The average Bonchev–Trinajstić information content (AvgIpc) is 3.34. The smallest absolute Gasteiger partial charge is 0.329 e. The van der Waals surface area contributed by atoms with E-state index in [2.05, 4.69) is 5.32 Å². The molecule has 42 heavy (non-hydrogen) atoms. The van der Waals surface area contributed by atoms with E-state index < -0.39 is 41.8 Å². The van der Waals surface area contributed by atoms with Crippen LogP contribution in [0.3, 0.4) is 0 Å². The summed E-state index contributed by atoms with van der Waals surface area (Å²) >= 11 is 0. The number of carboxylic acid groups (broad SMARTS) is 1. The highest BCUT2D eigenvalue weighted by Crippen LogP contribution is 2.27. The van der Waals surface area contributed by atoms with Crippen molar-refractivity contribution in [2.45, 2.75) is 57.6 Å². The second-order valence-corrected chi connectivity index (χ2v) is 10.7. The van der Waals surface area contributed by atoms with Crippen molar-refractivity contribution in [1.29, 1.82) is 0 Å². The van der Waals surface area contributed by atoms with Crippen LogP contribution in [0.5, 0.6) is 0 Å². The Morgan fingerprint density at radius 1 is 0.976 bits per heavy atom. The van der Waals surface area contributed by atoms with Crippen molar-refractivity contribution < 1.29 is 33.7 Å². The molecule has 3 aromatic rings. The van der Waals surface area contributed by atoms with Gasteiger partial charge in [0.15, 0.2) is 5.79 Å². The number of ether oxygens (including phenoxy) is 3. The fraction of sp³-hybridized carbons (Fsp3) is 0.364. The van der Waals surface area contributed by atoms with Gasteiger partial charge in [-0.1, -0.05) is 72.8 Å². The van der Waals surface area contributed by atoms with Crippen LogP contribution in [0.15, 0.2) is 84.9 Å². The normalized spacial score (nSPS) is 17.2. The summed E-state index contributed by atoms with van der Waals surface area (Å²) in [6, 6.07) is 25.5. The molecular formula is C33H38N2O7. The molecule has 1 saturated heterocycles. The molecule has 2 N–H and O–H groups in total. The number of carbonyl (C=O) groups excluding carboxylic acids is 2. The maximum Gasteiger partial charge on any atom is 0.329 e. The fourth-order valence-electron chi connectivity index (χ4n) is 4.94. The van der Waals surface area contributed by atoms with Crippen molar-refractivity contribution >= 4 is 23.5 Å². The lowest BCUT2D eigenvalue weighted by atomic mass is 9.98. The lowest BCUT2D eigenvalue weighted by Gasteiger charge is -2.36. The highest BCUT2D eigenvalue weighted by molar-refractivity contribution is 5.89. The summed E-state index contributed by atoms with van der Waals surface area (Å²) in [5.41, 5.74) is 3.67. The first kappa shape index (κ1) is 30.7. The number of anilines is 1. The number of hydrogen-bond acceptors (Lipinski definition) is 7. The Balaban J connectivity index is 1.61. The minimum Gasteiger partial charge on any atom is -0.481 e. The number of rotatable bonds is 13. The third-order valence-corrected chi connectivity index (χ3v) is 7.07. The van der Waals surface area contributed by atoms with E-state index in [0.29, 0.717) is 12.3 Å². The van der Waals surface area contributed by atoms with Gasteiger partial charge >= 0.3 is 11.9 Å². The number of carboxylic acids is 1. The standard InChI is InChI=1S/C33H38N2O7/c1-23(31(38)34-19-18-30(36)37)35(27-12-8-5-9-13-27)29(32(39)40-21-28-22-41-33(2,3)42-28)20-24-14-16-26(17-15-24)25-10-6-4-7-11-25/h4-17,23,28-29H,18-22H2,1-3H3,(H,34,38)(H,36,37)/t23-,28?,29?/m0/s1. The van der Waals surface area contributed by atoms with Crippen molar-refractivity contribution in [2.75, 3.05) is 24.7 Å². The zero-order valence-electron chi connectivity index (χ0n) is 24.2. The Hall–Kier alpha value is -4.21. The van der Waals surface area contributed by atoms with Gasteiger partial charge in [0, 0.05) is 18.7 Å². The molecule has 9 heteroatoms.